The van der Waals surface area contributed by atoms with Crippen LogP contribution < -0.4 is 15.4 Å². The maximum Gasteiger partial charge on any atom is 0.343 e. The molecule has 2 N–H and O–H groups in total. The Bertz CT molecular complexity index is 1220. The first kappa shape index (κ1) is 21.7. The molecule has 5 nitrogen and oxygen atoms in total. The molecule has 0 fully saturated rings. The summed E-state index contributed by atoms with van der Waals surface area (Å²) in [5.41, 5.74) is 3.09. The van der Waals surface area contributed by atoms with Crippen LogP contribution in [0.1, 0.15) is 56.2 Å². The van der Waals surface area contributed by atoms with Crippen molar-refractivity contribution in [1.82, 2.24) is 5.32 Å². The average Bonchev–Trinajstić information content (AvgIpc) is 3.13. The lowest BCUT2D eigenvalue weighted by atomic mass is 9.88. The van der Waals surface area contributed by atoms with Gasteiger partial charge in [-0.15, -0.1) is 11.3 Å². The van der Waals surface area contributed by atoms with E-state index in [1.54, 1.807) is 41.7 Å². The fraction of sp³-hybridized carbons (Fsp3) is 0.250. The van der Waals surface area contributed by atoms with Crippen molar-refractivity contribution in [1.29, 1.82) is 0 Å². The summed E-state index contributed by atoms with van der Waals surface area (Å²) in [6, 6.07) is 12.4. The highest BCUT2D eigenvalue weighted by Crippen LogP contribution is 2.43. The van der Waals surface area contributed by atoms with Gasteiger partial charge in [-0.3, -0.25) is 4.79 Å². The fourth-order valence-electron chi connectivity index (χ4n) is 4.20. The van der Waals surface area contributed by atoms with E-state index in [-0.39, 0.29) is 5.91 Å². The van der Waals surface area contributed by atoms with Crippen molar-refractivity contribution in [3.63, 3.8) is 0 Å². The Labute approximate surface area is 206 Å². The Balaban J connectivity index is 1.45. The second-order valence-corrected chi connectivity index (χ2v) is 11.1. The van der Waals surface area contributed by atoms with Crippen molar-refractivity contribution in [3.8, 4) is 5.75 Å². The zero-order valence-corrected chi connectivity index (χ0v) is 21.2. The lowest BCUT2D eigenvalue weighted by Crippen LogP contribution is -2.38. The molecular formula is C24H20Br2N2O3S. The van der Waals surface area contributed by atoms with Gasteiger partial charge in [-0.2, -0.15) is 0 Å². The Morgan fingerprint density at radius 1 is 1.09 bits per heavy atom. The summed E-state index contributed by atoms with van der Waals surface area (Å²) in [4.78, 5) is 27.1. The van der Waals surface area contributed by atoms with E-state index in [9.17, 15) is 9.59 Å². The number of carbonyl (C=O) groups excluding carboxylic acids is 2. The highest BCUT2D eigenvalue weighted by molar-refractivity contribution is 9.10. The van der Waals surface area contributed by atoms with E-state index >= 15 is 0 Å². The molecule has 1 aliphatic carbocycles. The molecule has 1 aliphatic heterocycles. The van der Waals surface area contributed by atoms with Gasteiger partial charge < -0.3 is 15.4 Å². The largest absolute Gasteiger partial charge is 0.422 e. The molecule has 0 saturated heterocycles. The van der Waals surface area contributed by atoms with Crippen LogP contribution in [-0.2, 0) is 12.8 Å². The highest BCUT2D eigenvalue weighted by atomic mass is 79.9. The Morgan fingerprint density at radius 3 is 2.62 bits per heavy atom. The normalized spacial score (nSPS) is 19.4. The molecule has 1 amide bonds. The van der Waals surface area contributed by atoms with Crippen LogP contribution in [0, 0.1) is 5.92 Å². The van der Waals surface area contributed by atoms with Gasteiger partial charge in [0.2, 0.25) is 0 Å². The number of carbonyl (C=O) groups is 2. The highest BCUT2D eigenvalue weighted by Gasteiger charge is 2.34. The number of ether oxygens (including phenoxy) is 1. The quantitative estimate of drug-likeness (QED) is 0.277. The van der Waals surface area contributed by atoms with E-state index < -0.39 is 12.1 Å². The molecule has 2 aliphatic rings. The molecule has 0 bridgehead atoms. The van der Waals surface area contributed by atoms with Crippen molar-refractivity contribution in [2.24, 2.45) is 5.92 Å². The number of hydrogen-bond donors (Lipinski definition) is 2. The number of benzene rings is 2. The van der Waals surface area contributed by atoms with Crippen LogP contribution in [0.25, 0.3) is 0 Å². The van der Waals surface area contributed by atoms with E-state index in [2.05, 4.69) is 49.4 Å². The van der Waals surface area contributed by atoms with Crippen molar-refractivity contribution in [3.05, 3.63) is 78.5 Å². The van der Waals surface area contributed by atoms with Gasteiger partial charge in [-0.1, -0.05) is 38.8 Å². The third-order valence-corrected chi connectivity index (χ3v) is 8.06. The monoisotopic (exact) mass is 574 g/mol. The molecular weight excluding hydrogens is 556 g/mol. The van der Waals surface area contributed by atoms with E-state index in [1.165, 1.54) is 10.4 Å². The molecule has 2 atom stereocenters. The summed E-state index contributed by atoms with van der Waals surface area (Å²) in [5.74, 6) is 0.499. The number of thiophene rings is 1. The third kappa shape index (κ3) is 4.11. The number of amides is 1. The zero-order valence-electron chi connectivity index (χ0n) is 17.2. The topological polar surface area (TPSA) is 67.4 Å². The third-order valence-electron chi connectivity index (χ3n) is 5.86. The van der Waals surface area contributed by atoms with Crippen LogP contribution >= 0.6 is 43.2 Å². The molecule has 0 radical (unpaired) electrons. The number of nitrogens with one attached hydrogen (secondary N) is 2. The lowest BCUT2D eigenvalue weighted by Gasteiger charge is -2.28. The van der Waals surface area contributed by atoms with Gasteiger partial charge in [-0.05, 0) is 73.2 Å². The Kier molecular flexibility index (Phi) is 5.86. The van der Waals surface area contributed by atoms with Crippen LogP contribution in [0.4, 0.5) is 5.00 Å². The van der Waals surface area contributed by atoms with Crippen LogP contribution in [0.5, 0.6) is 5.75 Å². The smallest absolute Gasteiger partial charge is 0.343 e. The number of esters is 1. The van der Waals surface area contributed by atoms with Gasteiger partial charge in [0, 0.05) is 19.4 Å². The maximum absolute atomic E-state index is 13.1. The van der Waals surface area contributed by atoms with E-state index in [4.69, 9.17) is 4.74 Å². The molecule has 0 unspecified atom stereocenters. The van der Waals surface area contributed by atoms with E-state index in [0.29, 0.717) is 22.8 Å². The molecule has 0 saturated carbocycles. The van der Waals surface area contributed by atoms with Gasteiger partial charge in [-0.25, -0.2) is 4.79 Å². The van der Waals surface area contributed by atoms with Crippen LogP contribution in [0.3, 0.4) is 0 Å². The number of anilines is 1. The predicted octanol–water partition coefficient (Wildman–Crippen LogP) is 6.47. The first-order valence-corrected chi connectivity index (χ1v) is 12.8. The van der Waals surface area contributed by atoms with Crippen LogP contribution in [-0.4, -0.2) is 11.9 Å². The summed E-state index contributed by atoms with van der Waals surface area (Å²) < 4.78 is 7.45. The summed E-state index contributed by atoms with van der Waals surface area (Å²) in [6.45, 7) is 2.26. The molecule has 3 aromatic rings. The Morgan fingerprint density at radius 2 is 1.84 bits per heavy atom. The molecule has 32 heavy (non-hydrogen) atoms. The van der Waals surface area contributed by atoms with Gasteiger partial charge in [0.1, 0.15) is 16.9 Å². The van der Waals surface area contributed by atoms with Crippen LogP contribution in [0.2, 0.25) is 0 Å². The van der Waals surface area contributed by atoms with E-state index in [0.717, 1.165) is 38.8 Å². The summed E-state index contributed by atoms with van der Waals surface area (Å²) in [6.07, 6.45) is 2.56. The Hall–Kier alpha value is -2.16. The molecule has 1 aromatic heterocycles. The van der Waals surface area contributed by atoms with Crippen molar-refractivity contribution < 1.29 is 14.3 Å². The average molecular weight is 576 g/mol. The second kappa shape index (κ2) is 8.65. The summed E-state index contributed by atoms with van der Waals surface area (Å²) in [5, 5.41) is 7.43. The standard InChI is InChI=1S/C24H20Br2N2O3S/c1-12-2-8-16-19(10-12)32-23-20(16)22(29)27-21(28-23)17-11-15(26)7-9-18(17)31-24(30)13-3-5-14(25)6-4-13/h3-7,9,11-12,21,28H,2,8,10H2,1H3,(H,27,29)/t12-,21+/m1/s1. The molecule has 164 valence electrons. The lowest BCUT2D eigenvalue weighted by molar-refractivity contribution is 0.0732. The first-order valence-electron chi connectivity index (χ1n) is 10.4. The minimum atomic E-state index is -0.502. The van der Waals surface area contributed by atoms with Gasteiger partial charge in [0.15, 0.2) is 0 Å². The van der Waals surface area contributed by atoms with Crippen molar-refractivity contribution in [2.75, 3.05) is 5.32 Å². The number of fused-ring (bicyclic) bond motifs is 3. The molecule has 0 spiro atoms. The van der Waals surface area contributed by atoms with Crippen LogP contribution in [0.15, 0.2) is 51.4 Å². The van der Waals surface area contributed by atoms with Gasteiger partial charge in [0.05, 0.1) is 11.1 Å². The molecule has 2 aromatic carbocycles. The minimum Gasteiger partial charge on any atom is -0.422 e. The number of halogens is 2. The first-order chi connectivity index (χ1) is 15.4. The molecule has 2 heterocycles. The van der Waals surface area contributed by atoms with E-state index in [1.807, 2.05) is 12.1 Å². The van der Waals surface area contributed by atoms with Crippen molar-refractivity contribution in [2.45, 2.75) is 32.4 Å². The molecule has 5 rings (SSSR count). The fourth-order valence-corrected chi connectivity index (χ4v) is 6.28. The zero-order chi connectivity index (χ0) is 22.4. The molecule has 8 heteroatoms. The maximum atomic E-state index is 13.1. The van der Waals surface area contributed by atoms with Crippen molar-refractivity contribution >= 4 is 60.1 Å². The minimum absolute atomic E-state index is 0.0824. The number of hydrogen-bond acceptors (Lipinski definition) is 5. The SMILES string of the molecule is C[C@@H]1CCc2c(sc3c2C(=O)N[C@H](c2cc(Br)ccc2OC(=O)c2ccc(Br)cc2)N3)C1. The number of rotatable bonds is 3. The second-order valence-electron chi connectivity index (χ2n) is 8.19. The summed E-state index contributed by atoms with van der Waals surface area (Å²) >= 11 is 8.54. The summed E-state index contributed by atoms with van der Waals surface area (Å²) in [7, 11) is 0. The van der Waals surface area contributed by atoms with Gasteiger partial charge in [0.25, 0.3) is 5.91 Å². The van der Waals surface area contributed by atoms with Gasteiger partial charge >= 0.3 is 5.97 Å². The predicted molar refractivity (Wildman–Crippen MR) is 133 cm³/mol.